The highest BCUT2D eigenvalue weighted by Crippen LogP contribution is 1.98. The van der Waals surface area contributed by atoms with Gasteiger partial charge >= 0.3 is 11.9 Å². The second kappa shape index (κ2) is 19.2. The smallest absolute Gasteiger partial charge is 0.347 e. The summed E-state index contributed by atoms with van der Waals surface area (Å²) in [7, 11) is 0. The Hall–Kier alpha value is -1.14. The Morgan fingerprint density at radius 1 is 1.21 bits per heavy atom. The van der Waals surface area contributed by atoms with Crippen LogP contribution in [0.4, 0.5) is 0 Å². The van der Waals surface area contributed by atoms with Crippen molar-refractivity contribution < 1.29 is 24.2 Å². The Bertz CT molecular complexity index is 209. The average Bonchev–Trinajstić information content (AvgIpc) is 2.18. The van der Waals surface area contributed by atoms with E-state index in [-0.39, 0.29) is 55.9 Å². The zero-order valence-corrected chi connectivity index (χ0v) is 8.77. The van der Waals surface area contributed by atoms with Crippen LogP contribution < -0.4 is 5.73 Å². The van der Waals surface area contributed by atoms with Crippen LogP contribution in [0.5, 0.6) is 0 Å². The van der Waals surface area contributed by atoms with Gasteiger partial charge in [0.2, 0.25) is 0 Å². The molecule has 0 bridgehead atoms. The molecule has 0 aromatic carbocycles. The van der Waals surface area contributed by atoms with Crippen LogP contribution in [0.1, 0.15) is 49.5 Å². The Balaban J connectivity index is -0.000000163. The molecule has 0 aliphatic heterocycles. The zero-order chi connectivity index (χ0) is 11.7. The van der Waals surface area contributed by atoms with Crippen molar-refractivity contribution in [1.82, 2.24) is 0 Å². The largest absolute Gasteiger partial charge is 0.463 e. The van der Waals surface area contributed by atoms with E-state index >= 15 is 0 Å². The van der Waals surface area contributed by atoms with Gasteiger partial charge in [0.15, 0.2) is 6.10 Å². The molecule has 19 heavy (non-hydrogen) atoms. The lowest BCUT2D eigenvalue weighted by atomic mass is 10.4. The third-order valence-corrected chi connectivity index (χ3v) is 1.54. The predicted octanol–water partition coefficient (Wildman–Crippen LogP) is 1.74. The lowest BCUT2D eigenvalue weighted by molar-refractivity contribution is -0.166. The minimum Gasteiger partial charge on any atom is -0.463 e. The Kier molecular flexibility index (Phi) is 31.0. The van der Waals surface area contributed by atoms with E-state index in [4.69, 9.17) is 20.3 Å². The monoisotopic (exact) mass is 283 g/mol. The quantitative estimate of drug-likeness (QED) is 0.545. The summed E-state index contributed by atoms with van der Waals surface area (Å²) < 4.78 is 9.44. The van der Waals surface area contributed by atoms with Crippen LogP contribution in [0.25, 0.3) is 0 Å². The summed E-state index contributed by atoms with van der Waals surface area (Å²) >= 11 is 0. The first-order chi connectivity index (χ1) is 7.11. The van der Waals surface area contributed by atoms with Crippen molar-refractivity contribution in [3.8, 4) is 0 Å². The number of esters is 2. The van der Waals surface area contributed by atoms with Crippen LogP contribution in [-0.4, -0.2) is 42.9 Å². The third-order valence-electron chi connectivity index (χ3n) is 1.54. The SMILES string of the molecule is C.C.C.C.CC(OC(=O)CCN)C(=O)OCCCO. The molecule has 0 amide bonds. The van der Waals surface area contributed by atoms with Gasteiger partial charge < -0.3 is 20.3 Å². The van der Waals surface area contributed by atoms with Crippen LogP contribution in [0, 0.1) is 0 Å². The number of aliphatic hydroxyl groups excluding tert-OH is 1. The van der Waals surface area contributed by atoms with Gasteiger partial charge in [-0.3, -0.25) is 4.79 Å². The van der Waals surface area contributed by atoms with Gasteiger partial charge in [-0.05, 0) is 6.92 Å². The summed E-state index contributed by atoms with van der Waals surface area (Å²) in [5.74, 6) is -1.14. The molecule has 0 aromatic heterocycles. The van der Waals surface area contributed by atoms with Crippen LogP contribution in [0.3, 0.4) is 0 Å². The minimum absolute atomic E-state index is 0. The molecule has 0 saturated carbocycles. The summed E-state index contributed by atoms with van der Waals surface area (Å²) in [4.78, 5) is 22.1. The summed E-state index contributed by atoms with van der Waals surface area (Å²) in [5.41, 5.74) is 5.13. The fourth-order valence-corrected chi connectivity index (χ4v) is 0.777. The molecule has 0 aliphatic carbocycles. The molecule has 0 radical (unpaired) electrons. The number of carbonyl (C=O) groups excluding carboxylic acids is 2. The lowest BCUT2D eigenvalue weighted by Crippen LogP contribution is -2.27. The van der Waals surface area contributed by atoms with E-state index in [0.29, 0.717) is 6.42 Å². The maximum Gasteiger partial charge on any atom is 0.347 e. The molecule has 0 spiro atoms. The van der Waals surface area contributed by atoms with E-state index in [1.54, 1.807) is 0 Å². The van der Waals surface area contributed by atoms with Crippen molar-refractivity contribution in [2.45, 2.75) is 55.6 Å². The number of aliphatic hydroxyl groups is 1. The third kappa shape index (κ3) is 16.9. The Morgan fingerprint density at radius 2 is 1.74 bits per heavy atom. The molecule has 0 saturated heterocycles. The fraction of sp³-hybridized carbons (Fsp3) is 0.846. The summed E-state index contributed by atoms with van der Waals surface area (Å²) in [6, 6.07) is 0. The molecule has 0 rings (SSSR count). The molecule has 6 heteroatoms. The van der Waals surface area contributed by atoms with Crippen molar-refractivity contribution in [2.24, 2.45) is 5.73 Å². The summed E-state index contributed by atoms with van der Waals surface area (Å²) in [6.45, 7) is 1.68. The number of nitrogens with two attached hydrogens (primary N) is 1. The van der Waals surface area contributed by atoms with Gasteiger partial charge in [-0.25, -0.2) is 4.79 Å². The number of hydrogen-bond donors (Lipinski definition) is 2. The average molecular weight is 283 g/mol. The molecule has 120 valence electrons. The van der Waals surface area contributed by atoms with Gasteiger partial charge in [0.1, 0.15) is 0 Å². The van der Waals surface area contributed by atoms with Crippen LogP contribution in [0.2, 0.25) is 0 Å². The zero-order valence-electron chi connectivity index (χ0n) is 8.77. The highest BCUT2D eigenvalue weighted by molar-refractivity contribution is 5.79. The standard InChI is InChI=1S/C9H17NO5.4CH4/c1-7(15-8(12)3-4-10)9(13)14-6-2-5-11;;;;/h7,11H,2-6,10H2,1H3;4*1H4. The van der Waals surface area contributed by atoms with Gasteiger partial charge in [-0.1, -0.05) is 29.7 Å². The number of ether oxygens (including phenoxy) is 2. The van der Waals surface area contributed by atoms with E-state index in [0.717, 1.165) is 0 Å². The molecular formula is C13H33NO5. The normalized spacial score (nSPS) is 9.42. The number of carbonyl (C=O) groups is 2. The fourth-order valence-electron chi connectivity index (χ4n) is 0.777. The molecule has 0 aromatic rings. The first kappa shape index (κ1) is 30.7. The van der Waals surface area contributed by atoms with E-state index in [1.165, 1.54) is 6.92 Å². The second-order valence-electron chi connectivity index (χ2n) is 2.92. The van der Waals surface area contributed by atoms with Gasteiger partial charge in [0.05, 0.1) is 13.0 Å². The molecule has 0 aliphatic rings. The van der Waals surface area contributed by atoms with E-state index in [1.807, 2.05) is 0 Å². The van der Waals surface area contributed by atoms with Crippen LogP contribution in [-0.2, 0) is 19.1 Å². The molecule has 3 N–H and O–H groups in total. The van der Waals surface area contributed by atoms with Crippen LogP contribution >= 0.6 is 0 Å². The number of hydrogen-bond acceptors (Lipinski definition) is 6. The van der Waals surface area contributed by atoms with Gasteiger partial charge in [0.25, 0.3) is 0 Å². The topological polar surface area (TPSA) is 98.9 Å². The van der Waals surface area contributed by atoms with Gasteiger partial charge in [-0.15, -0.1) is 0 Å². The molecule has 6 nitrogen and oxygen atoms in total. The van der Waals surface area contributed by atoms with Gasteiger partial charge in [0, 0.05) is 19.6 Å². The molecule has 1 atom stereocenters. The van der Waals surface area contributed by atoms with E-state index in [9.17, 15) is 9.59 Å². The predicted molar refractivity (Wildman–Crippen MR) is 78.8 cm³/mol. The first-order valence-electron chi connectivity index (χ1n) is 4.78. The Labute approximate surface area is 118 Å². The Morgan fingerprint density at radius 3 is 2.16 bits per heavy atom. The van der Waals surface area contributed by atoms with E-state index < -0.39 is 18.0 Å². The van der Waals surface area contributed by atoms with Gasteiger partial charge in [-0.2, -0.15) is 0 Å². The van der Waals surface area contributed by atoms with Crippen LogP contribution in [0.15, 0.2) is 0 Å². The maximum absolute atomic E-state index is 11.1. The maximum atomic E-state index is 11.1. The summed E-state index contributed by atoms with van der Waals surface area (Å²) in [5, 5.41) is 8.44. The highest BCUT2D eigenvalue weighted by atomic mass is 16.6. The van der Waals surface area contributed by atoms with E-state index in [2.05, 4.69) is 0 Å². The minimum atomic E-state index is -0.928. The lowest BCUT2D eigenvalue weighted by Gasteiger charge is -2.11. The number of rotatable bonds is 7. The second-order valence-corrected chi connectivity index (χ2v) is 2.92. The first-order valence-corrected chi connectivity index (χ1v) is 4.78. The molecule has 1 unspecified atom stereocenters. The van der Waals surface area contributed by atoms with Crippen molar-refractivity contribution in [1.29, 1.82) is 0 Å². The molecular weight excluding hydrogens is 250 g/mol. The van der Waals surface area contributed by atoms with Crippen molar-refractivity contribution in [3.63, 3.8) is 0 Å². The molecule has 0 fully saturated rings. The summed E-state index contributed by atoms with van der Waals surface area (Å²) in [6.07, 6.45) is -0.480. The van der Waals surface area contributed by atoms with Crippen molar-refractivity contribution in [2.75, 3.05) is 19.8 Å². The molecule has 0 heterocycles. The van der Waals surface area contributed by atoms with Crippen molar-refractivity contribution >= 4 is 11.9 Å². The van der Waals surface area contributed by atoms with Crippen molar-refractivity contribution in [3.05, 3.63) is 0 Å². The highest BCUT2D eigenvalue weighted by Gasteiger charge is 2.18.